The number of aromatic hydroxyl groups is 2. The number of piperidine rings is 1. The zero-order valence-electron chi connectivity index (χ0n) is 20.2. The predicted molar refractivity (Wildman–Crippen MR) is 135 cm³/mol. The number of carboxylic acid groups (broad SMARTS) is 1. The molecular weight excluding hydrogens is 464 g/mol. The Balaban J connectivity index is 0.000000214. The summed E-state index contributed by atoms with van der Waals surface area (Å²) in [7, 11) is 0. The molecule has 2 aliphatic heterocycles. The first-order valence-electron chi connectivity index (χ1n) is 11.7. The summed E-state index contributed by atoms with van der Waals surface area (Å²) in [5.74, 6) is 0.00933. The third-order valence-corrected chi connectivity index (χ3v) is 5.80. The number of hydrogen-bond donors (Lipinski definition) is 4. The van der Waals surface area contributed by atoms with Gasteiger partial charge in [-0.15, -0.1) is 0 Å². The van der Waals surface area contributed by atoms with Crippen LogP contribution in [0.25, 0.3) is 6.08 Å². The zero-order chi connectivity index (χ0) is 26.1. The molecule has 0 saturated carbocycles. The Morgan fingerprint density at radius 3 is 2.42 bits per heavy atom. The number of amides is 1. The maximum atomic E-state index is 11.9. The number of rotatable bonds is 6. The van der Waals surface area contributed by atoms with Gasteiger partial charge in [0.15, 0.2) is 23.0 Å². The van der Waals surface area contributed by atoms with Crippen molar-refractivity contribution in [2.45, 2.75) is 38.1 Å². The van der Waals surface area contributed by atoms with Gasteiger partial charge in [0.25, 0.3) is 0 Å². The number of nitrogens with zero attached hydrogens (tertiary/aromatic N) is 1. The van der Waals surface area contributed by atoms with Crippen LogP contribution in [0.4, 0.5) is 0 Å². The smallest absolute Gasteiger partial charge is 0.323 e. The van der Waals surface area contributed by atoms with Crippen molar-refractivity contribution in [2.24, 2.45) is 5.73 Å². The van der Waals surface area contributed by atoms with Gasteiger partial charge in [0.2, 0.25) is 12.7 Å². The summed E-state index contributed by atoms with van der Waals surface area (Å²) >= 11 is 0. The van der Waals surface area contributed by atoms with Crippen molar-refractivity contribution >= 4 is 18.0 Å². The number of carbonyl (C=O) groups is 2. The van der Waals surface area contributed by atoms with Crippen LogP contribution in [0.1, 0.15) is 37.3 Å². The third kappa shape index (κ3) is 7.51. The van der Waals surface area contributed by atoms with Gasteiger partial charge >= 0.3 is 5.97 Å². The van der Waals surface area contributed by atoms with Crippen LogP contribution >= 0.6 is 0 Å². The van der Waals surface area contributed by atoms with Gasteiger partial charge in [0, 0.05) is 25.6 Å². The first-order chi connectivity index (χ1) is 17.2. The highest BCUT2D eigenvalue weighted by Gasteiger charge is 2.28. The van der Waals surface area contributed by atoms with Gasteiger partial charge in [-0.05, 0) is 61.6 Å². The number of fused-ring (bicyclic) bond motifs is 1. The molecular formula is C27H32N2O7. The first kappa shape index (κ1) is 26.6. The standard InChI is InChI=1S/C17H19NO3.C10H13NO4/c19-17(18-10-4-1-5-11-18)7-3-2-6-14-8-9-15-16(12-14)21-13-20-15;1-10(11,9(14)15)5-6-2-3-7(12)8(13)4-6/h2-3,6-9,12H,1,4-5,10-11,13H2;2-4,12-13H,5,11H2,1H3,(H,14,15). The van der Waals surface area contributed by atoms with Crippen molar-refractivity contribution in [1.29, 1.82) is 0 Å². The van der Waals surface area contributed by atoms with E-state index in [1.807, 2.05) is 35.3 Å². The summed E-state index contributed by atoms with van der Waals surface area (Å²) in [5, 5.41) is 27.0. The lowest BCUT2D eigenvalue weighted by atomic mass is 9.94. The van der Waals surface area contributed by atoms with Gasteiger partial charge in [-0.2, -0.15) is 0 Å². The number of aliphatic carboxylic acids is 1. The van der Waals surface area contributed by atoms with E-state index in [1.54, 1.807) is 12.2 Å². The monoisotopic (exact) mass is 496 g/mol. The van der Waals surface area contributed by atoms with E-state index in [1.165, 1.54) is 31.5 Å². The third-order valence-electron chi connectivity index (χ3n) is 5.80. The second kappa shape index (κ2) is 12.1. The fraction of sp³-hybridized carbons (Fsp3) is 0.333. The van der Waals surface area contributed by atoms with Crippen molar-refractivity contribution in [2.75, 3.05) is 19.9 Å². The van der Waals surface area contributed by atoms with E-state index in [4.69, 9.17) is 25.4 Å². The van der Waals surface area contributed by atoms with Crippen molar-refractivity contribution in [3.8, 4) is 23.0 Å². The molecule has 0 radical (unpaired) electrons. The number of hydrogen-bond acceptors (Lipinski definition) is 7. The molecule has 1 amide bonds. The van der Waals surface area contributed by atoms with Crippen LogP contribution in [-0.4, -0.2) is 57.5 Å². The lowest BCUT2D eigenvalue weighted by molar-refractivity contribution is -0.142. The van der Waals surface area contributed by atoms with Gasteiger partial charge in [-0.3, -0.25) is 9.59 Å². The summed E-state index contributed by atoms with van der Waals surface area (Å²) in [6.07, 6.45) is 10.8. The molecule has 1 unspecified atom stereocenters. The summed E-state index contributed by atoms with van der Waals surface area (Å²) in [6, 6.07) is 9.89. The highest BCUT2D eigenvalue weighted by molar-refractivity contribution is 5.88. The first-order valence-corrected chi connectivity index (χ1v) is 11.7. The lowest BCUT2D eigenvalue weighted by Gasteiger charge is -2.25. The summed E-state index contributed by atoms with van der Waals surface area (Å²) in [5.41, 5.74) is 5.73. The molecule has 5 N–H and O–H groups in total. The Morgan fingerprint density at radius 2 is 1.72 bits per heavy atom. The van der Waals surface area contributed by atoms with Gasteiger partial charge in [0.1, 0.15) is 5.54 Å². The van der Waals surface area contributed by atoms with Crippen molar-refractivity contribution in [1.82, 2.24) is 4.90 Å². The molecule has 1 saturated heterocycles. The molecule has 0 aliphatic carbocycles. The van der Waals surface area contributed by atoms with Crippen LogP contribution in [0.15, 0.2) is 54.6 Å². The number of ether oxygens (including phenoxy) is 2. The van der Waals surface area contributed by atoms with Crippen LogP contribution in [-0.2, 0) is 16.0 Å². The Labute approximate surface area is 210 Å². The zero-order valence-corrected chi connectivity index (χ0v) is 20.2. The average Bonchev–Trinajstić information content (AvgIpc) is 3.33. The van der Waals surface area contributed by atoms with Gasteiger partial charge < -0.3 is 35.4 Å². The van der Waals surface area contributed by atoms with Crippen molar-refractivity contribution < 1.29 is 34.4 Å². The van der Waals surface area contributed by atoms with Gasteiger partial charge in [-0.25, -0.2) is 0 Å². The minimum atomic E-state index is -1.39. The van der Waals surface area contributed by atoms with E-state index < -0.39 is 11.5 Å². The molecule has 9 nitrogen and oxygen atoms in total. The van der Waals surface area contributed by atoms with Crippen LogP contribution in [0.3, 0.4) is 0 Å². The van der Waals surface area contributed by atoms with E-state index in [0.717, 1.165) is 43.0 Å². The van der Waals surface area contributed by atoms with Crippen LogP contribution in [0.5, 0.6) is 23.0 Å². The molecule has 2 aliphatic rings. The van der Waals surface area contributed by atoms with E-state index in [9.17, 15) is 14.7 Å². The number of carbonyl (C=O) groups excluding carboxylic acids is 1. The second-order valence-electron chi connectivity index (χ2n) is 8.94. The molecule has 192 valence electrons. The summed E-state index contributed by atoms with van der Waals surface area (Å²) in [6.45, 7) is 3.44. The molecule has 0 aromatic heterocycles. The number of phenolic OH excluding ortho intramolecular Hbond substituents is 2. The van der Waals surface area contributed by atoms with Crippen LogP contribution in [0.2, 0.25) is 0 Å². The van der Waals surface area contributed by atoms with Crippen LogP contribution in [0, 0.1) is 0 Å². The van der Waals surface area contributed by atoms with Gasteiger partial charge in [0.05, 0.1) is 0 Å². The molecule has 2 heterocycles. The number of benzene rings is 2. The minimum Gasteiger partial charge on any atom is -0.504 e. The SMILES string of the molecule is CC(N)(Cc1ccc(O)c(O)c1)C(=O)O.O=C(C=CC=Cc1ccc2c(c1)OCO2)N1CCCCC1. The number of nitrogens with two attached hydrogens (primary N) is 1. The Bertz CT molecular complexity index is 1130. The Morgan fingerprint density at radius 1 is 1.00 bits per heavy atom. The molecule has 9 heteroatoms. The highest BCUT2D eigenvalue weighted by Crippen LogP contribution is 2.32. The largest absolute Gasteiger partial charge is 0.504 e. The average molecular weight is 497 g/mol. The molecule has 1 fully saturated rings. The van der Waals surface area contributed by atoms with E-state index >= 15 is 0 Å². The Hall–Kier alpha value is -3.98. The lowest BCUT2D eigenvalue weighted by Crippen LogP contribution is -2.46. The number of allylic oxidation sites excluding steroid dienone is 2. The molecule has 0 spiro atoms. The van der Waals surface area contributed by atoms with Gasteiger partial charge in [-0.1, -0.05) is 30.4 Å². The quantitative estimate of drug-likeness (QED) is 0.271. The number of phenols is 2. The summed E-state index contributed by atoms with van der Waals surface area (Å²) < 4.78 is 10.6. The van der Waals surface area contributed by atoms with E-state index in [0.29, 0.717) is 5.56 Å². The number of carboxylic acids is 1. The normalized spacial score (nSPS) is 16.4. The second-order valence-corrected chi connectivity index (χ2v) is 8.94. The van der Waals surface area contributed by atoms with Crippen molar-refractivity contribution in [3.05, 3.63) is 65.8 Å². The molecule has 36 heavy (non-hydrogen) atoms. The minimum absolute atomic E-state index is 0.0795. The van der Waals surface area contributed by atoms with E-state index in [-0.39, 0.29) is 30.6 Å². The maximum absolute atomic E-state index is 11.9. The maximum Gasteiger partial charge on any atom is 0.323 e. The Kier molecular flexibility index (Phi) is 8.97. The van der Waals surface area contributed by atoms with Crippen molar-refractivity contribution in [3.63, 3.8) is 0 Å². The predicted octanol–water partition coefficient (Wildman–Crippen LogP) is 3.44. The molecule has 2 aromatic carbocycles. The fourth-order valence-corrected chi connectivity index (χ4v) is 3.72. The highest BCUT2D eigenvalue weighted by atomic mass is 16.7. The fourth-order valence-electron chi connectivity index (χ4n) is 3.72. The topological polar surface area (TPSA) is 143 Å². The molecule has 0 bridgehead atoms. The number of likely N-dealkylation sites (tertiary alicyclic amines) is 1. The molecule has 4 rings (SSSR count). The van der Waals surface area contributed by atoms with Crippen LogP contribution < -0.4 is 15.2 Å². The summed E-state index contributed by atoms with van der Waals surface area (Å²) in [4.78, 5) is 24.6. The molecule has 1 atom stereocenters. The molecule has 2 aromatic rings. The van der Waals surface area contributed by atoms with E-state index in [2.05, 4.69) is 0 Å².